The Morgan fingerprint density at radius 2 is 1.38 bits per heavy atom. The third kappa shape index (κ3) is 16.9. The second kappa shape index (κ2) is 23.9. The van der Waals surface area contributed by atoms with Gasteiger partial charge in [0.25, 0.3) is 0 Å². The van der Waals surface area contributed by atoms with E-state index in [4.69, 9.17) is 9.47 Å². The van der Waals surface area contributed by atoms with E-state index in [9.17, 15) is 13.0 Å². The van der Waals surface area contributed by atoms with Crippen molar-refractivity contribution < 1.29 is 27.0 Å². The highest BCUT2D eigenvalue weighted by atomic mass is 32.2. The molecule has 2 heterocycles. The molecule has 0 saturated carbocycles. The second-order valence-electron chi connectivity index (χ2n) is 13.8. The van der Waals surface area contributed by atoms with Crippen molar-refractivity contribution in [1.29, 1.82) is 0 Å². The predicted octanol–water partition coefficient (Wildman–Crippen LogP) is 10.1. The van der Waals surface area contributed by atoms with E-state index in [1.807, 2.05) is 6.92 Å². The van der Waals surface area contributed by atoms with E-state index >= 15 is 0 Å². The fourth-order valence-electron chi connectivity index (χ4n) is 6.55. The van der Waals surface area contributed by atoms with Gasteiger partial charge in [-0.05, 0) is 62.8 Å². The molecule has 0 bridgehead atoms. The number of benzene rings is 2. The highest BCUT2D eigenvalue weighted by molar-refractivity contribution is 7.85. The molecule has 1 aliphatic heterocycles. The van der Waals surface area contributed by atoms with Crippen molar-refractivity contribution in [2.24, 2.45) is 5.92 Å². The van der Waals surface area contributed by atoms with Crippen LogP contribution in [0.4, 0.5) is 0 Å². The zero-order valence-corrected chi connectivity index (χ0v) is 30.8. The summed E-state index contributed by atoms with van der Waals surface area (Å²) >= 11 is 0. The summed E-state index contributed by atoms with van der Waals surface area (Å²) in [6, 6.07) is 18.8. The molecule has 4 rings (SSSR count). The Kier molecular flexibility index (Phi) is 20.0. The summed E-state index contributed by atoms with van der Waals surface area (Å²) in [6.45, 7) is 7.84. The topological polar surface area (TPSA) is 79.5 Å². The van der Waals surface area contributed by atoms with E-state index in [-0.39, 0.29) is 4.90 Å². The van der Waals surface area contributed by atoms with E-state index in [2.05, 4.69) is 54.1 Å². The van der Waals surface area contributed by atoms with Gasteiger partial charge in [0.2, 0.25) is 5.52 Å². The van der Waals surface area contributed by atoms with Crippen LogP contribution < -0.4 is 4.57 Å². The van der Waals surface area contributed by atoms with Crippen molar-refractivity contribution in [2.75, 3.05) is 19.8 Å². The molecule has 1 aliphatic rings. The van der Waals surface area contributed by atoms with Crippen LogP contribution in [0.25, 0.3) is 10.9 Å². The Morgan fingerprint density at radius 3 is 2.06 bits per heavy atom. The highest BCUT2D eigenvalue weighted by Gasteiger charge is 2.25. The summed E-state index contributed by atoms with van der Waals surface area (Å²) in [4.78, 5) is -0.178. The molecule has 48 heavy (non-hydrogen) atoms. The van der Waals surface area contributed by atoms with Gasteiger partial charge in [0.05, 0.1) is 17.6 Å². The molecule has 1 aromatic heterocycles. The Labute approximate surface area is 292 Å². The molecule has 6 nitrogen and oxygen atoms in total. The number of pyridine rings is 1. The third-order valence-corrected chi connectivity index (χ3v) is 10.3. The number of hydrogen-bond donors (Lipinski definition) is 0. The zero-order valence-electron chi connectivity index (χ0n) is 30.0. The monoisotopic (exact) mass is 681 g/mol. The normalized spacial score (nSPS) is 16.2. The van der Waals surface area contributed by atoms with Crippen LogP contribution in [0.1, 0.15) is 128 Å². The zero-order chi connectivity index (χ0) is 34.3. The standard InChI is InChI=1S/C34H56NO2.C7H8O3S/c1-2-3-4-5-6-7-8-9-10-11-12-15-21-31-28-33(37-29-31)30-36-27-19-14-13-18-25-35-26-20-23-32-22-16-17-24-34(32)35;1-6-2-4-7(5-3-6)11(8,9)10/h16-17,20,22-24,26,31,33H,2-15,18-19,21,25,27-30H2,1H3;2-5H,1H3,(H,8,9,10)/q+1;/p-1/t31-,33+;/m1./s1. The van der Waals surface area contributed by atoms with Crippen LogP contribution in [0.5, 0.6) is 0 Å². The van der Waals surface area contributed by atoms with Crippen LogP contribution in [0.2, 0.25) is 0 Å². The molecule has 2 aromatic carbocycles. The van der Waals surface area contributed by atoms with Crippen molar-refractivity contribution in [3.63, 3.8) is 0 Å². The quantitative estimate of drug-likeness (QED) is 0.0565. The lowest BCUT2D eigenvalue weighted by atomic mass is 9.97. The first kappa shape index (κ1) is 40.1. The largest absolute Gasteiger partial charge is 0.744 e. The molecule has 1 fully saturated rings. The van der Waals surface area contributed by atoms with Gasteiger partial charge in [-0.2, -0.15) is 4.57 Å². The number of aryl methyl sites for hydroxylation is 2. The van der Waals surface area contributed by atoms with Crippen molar-refractivity contribution >= 4 is 21.0 Å². The fourth-order valence-corrected chi connectivity index (χ4v) is 7.02. The van der Waals surface area contributed by atoms with Gasteiger partial charge in [-0.1, -0.05) is 120 Å². The minimum absolute atomic E-state index is 0.178. The molecule has 268 valence electrons. The lowest BCUT2D eigenvalue weighted by molar-refractivity contribution is -0.671. The van der Waals surface area contributed by atoms with Crippen LogP contribution >= 0.6 is 0 Å². The Balaban J connectivity index is 0.000000480. The summed E-state index contributed by atoms with van der Waals surface area (Å²) in [6.07, 6.45) is 27.2. The van der Waals surface area contributed by atoms with Crippen LogP contribution in [0, 0.1) is 12.8 Å². The fraction of sp³-hybridized carbons (Fsp3) is 0.634. The minimum Gasteiger partial charge on any atom is -0.744 e. The van der Waals surface area contributed by atoms with E-state index in [1.54, 1.807) is 12.1 Å². The summed E-state index contributed by atoms with van der Waals surface area (Å²) < 4.78 is 45.6. The highest BCUT2D eigenvalue weighted by Crippen LogP contribution is 2.25. The molecular formula is C41H63NO5S. The number of aromatic nitrogens is 1. The molecule has 7 heteroatoms. The number of ether oxygens (including phenoxy) is 2. The van der Waals surface area contributed by atoms with Gasteiger partial charge in [-0.3, -0.25) is 0 Å². The van der Waals surface area contributed by atoms with Gasteiger partial charge >= 0.3 is 0 Å². The van der Waals surface area contributed by atoms with Gasteiger partial charge in [-0.25, -0.2) is 8.42 Å². The van der Waals surface area contributed by atoms with Crippen molar-refractivity contribution in [1.82, 2.24) is 0 Å². The molecule has 0 amide bonds. The molecule has 0 unspecified atom stereocenters. The average Bonchev–Trinajstić information content (AvgIpc) is 3.54. The van der Waals surface area contributed by atoms with Gasteiger partial charge < -0.3 is 14.0 Å². The summed E-state index contributed by atoms with van der Waals surface area (Å²) in [7, 11) is -4.27. The summed E-state index contributed by atoms with van der Waals surface area (Å²) in [5.41, 5.74) is 2.26. The van der Waals surface area contributed by atoms with Crippen molar-refractivity contribution in [3.8, 4) is 0 Å². The first-order valence-corrected chi connectivity index (χ1v) is 20.4. The van der Waals surface area contributed by atoms with Crippen molar-refractivity contribution in [3.05, 3.63) is 72.4 Å². The van der Waals surface area contributed by atoms with Crippen LogP contribution in [-0.2, 0) is 26.1 Å². The third-order valence-electron chi connectivity index (χ3n) is 9.47. The molecule has 0 radical (unpaired) electrons. The molecule has 0 N–H and O–H groups in total. The van der Waals surface area contributed by atoms with E-state index < -0.39 is 10.1 Å². The van der Waals surface area contributed by atoms with Crippen LogP contribution in [0.3, 0.4) is 0 Å². The first-order chi connectivity index (χ1) is 23.4. The Bertz CT molecular complexity index is 1360. The Hall–Kier alpha value is -2.32. The smallest absolute Gasteiger partial charge is 0.212 e. The van der Waals surface area contributed by atoms with E-state index in [1.165, 1.54) is 132 Å². The SMILES string of the molecule is CCCCCCCCCCCCCC[C@H]1CO[C@H](COCCCCCC[n+]2cccc3ccccc32)C1.Cc1ccc(S(=O)(=O)[O-])cc1. The molecular weight excluding hydrogens is 619 g/mol. The summed E-state index contributed by atoms with van der Waals surface area (Å²) in [5, 5.41) is 1.32. The lowest BCUT2D eigenvalue weighted by Gasteiger charge is -2.10. The number of para-hydroxylation sites is 1. The molecule has 0 aliphatic carbocycles. The van der Waals surface area contributed by atoms with Crippen LogP contribution in [0.15, 0.2) is 71.8 Å². The number of fused-ring (bicyclic) bond motifs is 1. The van der Waals surface area contributed by atoms with Crippen LogP contribution in [-0.4, -0.2) is 38.9 Å². The maximum atomic E-state index is 10.4. The van der Waals surface area contributed by atoms with Gasteiger partial charge in [0.15, 0.2) is 6.20 Å². The van der Waals surface area contributed by atoms with E-state index in [0.29, 0.717) is 6.10 Å². The summed E-state index contributed by atoms with van der Waals surface area (Å²) in [5.74, 6) is 0.767. The van der Waals surface area contributed by atoms with Gasteiger partial charge in [0.1, 0.15) is 16.7 Å². The number of nitrogens with zero attached hydrogens (tertiary/aromatic N) is 1. The first-order valence-electron chi connectivity index (χ1n) is 19.0. The van der Waals surface area contributed by atoms with Gasteiger partial charge in [-0.15, -0.1) is 0 Å². The Morgan fingerprint density at radius 1 is 0.771 bits per heavy atom. The number of unbranched alkanes of at least 4 members (excludes halogenated alkanes) is 14. The predicted molar refractivity (Wildman–Crippen MR) is 196 cm³/mol. The molecule has 3 aromatic rings. The molecule has 2 atom stereocenters. The maximum Gasteiger partial charge on any atom is 0.212 e. The molecule has 1 saturated heterocycles. The minimum atomic E-state index is -4.27. The average molecular weight is 682 g/mol. The number of hydrogen-bond acceptors (Lipinski definition) is 5. The maximum absolute atomic E-state index is 10.4. The number of rotatable bonds is 23. The second-order valence-corrected chi connectivity index (χ2v) is 15.1. The van der Waals surface area contributed by atoms with Gasteiger partial charge in [0, 0.05) is 37.2 Å². The lowest BCUT2D eigenvalue weighted by Crippen LogP contribution is -2.33. The molecule has 0 spiro atoms. The van der Waals surface area contributed by atoms with E-state index in [0.717, 1.165) is 44.3 Å². The van der Waals surface area contributed by atoms with Crippen molar-refractivity contribution in [2.45, 2.75) is 147 Å².